The second-order valence-electron chi connectivity index (χ2n) is 4.03. The van der Waals surface area contributed by atoms with Crippen molar-refractivity contribution < 1.29 is 14.8 Å². The molecule has 1 aromatic carbocycles. The van der Waals surface area contributed by atoms with Crippen LogP contribution in [0.15, 0.2) is 24.3 Å². The summed E-state index contributed by atoms with van der Waals surface area (Å²) in [6.07, 6.45) is 2.54. The number of rotatable bonds is 5. The van der Waals surface area contributed by atoms with E-state index < -0.39 is 7.12 Å². The minimum atomic E-state index is -1.41. The molecule has 0 atom stereocenters. The van der Waals surface area contributed by atoms with Gasteiger partial charge in [0.2, 0.25) is 0 Å². The van der Waals surface area contributed by atoms with Crippen molar-refractivity contribution in [2.75, 3.05) is 6.61 Å². The molecule has 0 spiro atoms. The van der Waals surface area contributed by atoms with Crippen LogP contribution < -0.4 is 5.46 Å². The van der Waals surface area contributed by atoms with Crippen molar-refractivity contribution in [3.05, 3.63) is 29.8 Å². The number of hydrogen-bond donors (Lipinski definition) is 2. The second-order valence-corrected chi connectivity index (χ2v) is 4.03. The van der Waals surface area contributed by atoms with E-state index in [1.165, 1.54) is 12.8 Å². The van der Waals surface area contributed by atoms with Gasteiger partial charge in [0.25, 0.3) is 0 Å². The quantitative estimate of drug-likeness (QED) is 0.681. The van der Waals surface area contributed by atoms with Crippen LogP contribution in [0.25, 0.3) is 0 Å². The molecule has 80 valence electrons. The fourth-order valence-corrected chi connectivity index (χ4v) is 1.54. The first-order valence-electron chi connectivity index (χ1n) is 5.29. The molecule has 0 saturated heterocycles. The van der Waals surface area contributed by atoms with Crippen LogP contribution in [-0.2, 0) is 11.3 Å². The highest BCUT2D eigenvalue weighted by atomic mass is 16.5. The fraction of sp³-hybridized carbons (Fsp3) is 0.455. The minimum Gasteiger partial charge on any atom is -0.423 e. The van der Waals surface area contributed by atoms with Gasteiger partial charge >= 0.3 is 7.12 Å². The summed E-state index contributed by atoms with van der Waals surface area (Å²) in [4.78, 5) is 0. The van der Waals surface area contributed by atoms with E-state index in [4.69, 9.17) is 14.8 Å². The predicted molar refractivity (Wildman–Crippen MR) is 58.6 cm³/mol. The summed E-state index contributed by atoms with van der Waals surface area (Å²) >= 11 is 0. The van der Waals surface area contributed by atoms with Gasteiger partial charge in [0.05, 0.1) is 6.61 Å². The summed E-state index contributed by atoms with van der Waals surface area (Å²) in [5.74, 6) is 0.733. The Hall–Kier alpha value is -0.835. The molecule has 1 aliphatic rings. The van der Waals surface area contributed by atoms with Gasteiger partial charge in [0, 0.05) is 6.61 Å². The smallest absolute Gasteiger partial charge is 0.423 e. The van der Waals surface area contributed by atoms with Gasteiger partial charge in [-0.2, -0.15) is 0 Å². The van der Waals surface area contributed by atoms with Gasteiger partial charge in [-0.25, -0.2) is 0 Å². The Morgan fingerprint density at radius 1 is 1.27 bits per heavy atom. The normalized spacial score (nSPS) is 15.3. The zero-order valence-corrected chi connectivity index (χ0v) is 8.60. The molecular weight excluding hydrogens is 191 g/mol. The summed E-state index contributed by atoms with van der Waals surface area (Å²) in [7, 11) is -1.41. The summed E-state index contributed by atoms with van der Waals surface area (Å²) in [5, 5.41) is 18.3. The summed E-state index contributed by atoms with van der Waals surface area (Å²) in [6, 6.07) is 7.24. The first-order chi connectivity index (χ1) is 7.27. The molecule has 4 heteroatoms. The summed E-state index contributed by atoms with van der Waals surface area (Å²) in [6.45, 7) is 1.25. The van der Waals surface area contributed by atoms with Crippen LogP contribution in [-0.4, -0.2) is 23.8 Å². The molecule has 15 heavy (non-hydrogen) atoms. The lowest BCUT2D eigenvalue weighted by atomic mass is 9.77. The third kappa shape index (κ3) is 3.06. The van der Waals surface area contributed by atoms with Crippen molar-refractivity contribution in [1.82, 2.24) is 0 Å². The second kappa shape index (κ2) is 4.79. The highest BCUT2D eigenvalue weighted by Crippen LogP contribution is 2.28. The largest absolute Gasteiger partial charge is 0.488 e. The Kier molecular flexibility index (Phi) is 3.41. The molecule has 1 aromatic rings. The van der Waals surface area contributed by atoms with Gasteiger partial charge in [0.15, 0.2) is 0 Å². The first-order valence-corrected chi connectivity index (χ1v) is 5.29. The van der Waals surface area contributed by atoms with Crippen LogP contribution in [0.2, 0.25) is 0 Å². The Morgan fingerprint density at radius 3 is 2.67 bits per heavy atom. The van der Waals surface area contributed by atoms with Crippen LogP contribution in [0.5, 0.6) is 0 Å². The molecule has 2 rings (SSSR count). The molecule has 0 amide bonds. The summed E-state index contributed by atoms with van der Waals surface area (Å²) < 4.78 is 5.51. The maximum Gasteiger partial charge on any atom is 0.488 e. The van der Waals surface area contributed by atoms with E-state index in [0.29, 0.717) is 12.1 Å². The van der Waals surface area contributed by atoms with Crippen molar-refractivity contribution in [3.63, 3.8) is 0 Å². The van der Waals surface area contributed by atoms with E-state index in [-0.39, 0.29) is 0 Å². The standard InChI is InChI=1S/C11H15BO3/c13-12(14)11-4-2-1-3-10(11)8-15-7-9-5-6-9/h1-4,9,13-14H,5-8H2. The van der Waals surface area contributed by atoms with Crippen LogP contribution in [0, 0.1) is 5.92 Å². The van der Waals surface area contributed by atoms with Crippen LogP contribution in [0.3, 0.4) is 0 Å². The van der Waals surface area contributed by atoms with Gasteiger partial charge in [-0.3, -0.25) is 0 Å². The SMILES string of the molecule is OB(O)c1ccccc1COCC1CC1. The van der Waals surface area contributed by atoms with Gasteiger partial charge in [-0.1, -0.05) is 24.3 Å². The Labute approximate surface area is 89.8 Å². The molecule has 3 nitrogen and oxygen atoms in total. The molecule has 0 radical (unpaired) electrons. The van der Waals surface area contributed by atoms with E-state index in [0.717, 1.165) is 18.1 Å². The molecule has 2 N–H and O–H groups in total. The maximum atomic E-state index is 9.13. The fourth-order valence-electron chi connectivity index (χ4n) is 1.54. The van der Waals surface area contributed by atoms with Gasteiger partial charge in [0.1, 0.15) is 0 Å². The molecule has 0 aromatic heterocycles. The Balaban J connectivity index is 1.92. The predicted octanol–water partition coefficient (Wildman–Crippen LogP) is 0.293. The zero-order chi connectivity index (χ0) is 10.7. The van der Waals surface area contributed by atoms with Crippen LogP contribution in [0.1, 0.15) is 18.4 Å². The lowest BCUT2D eigenvalue weighted by Gasteiger charge is -2.08. The maximum absolute atomic E-state index is 9.13. The van der Waals surface area contributed by atoms with E-state index in [1.54, 1.807) is 12.1 Å². The number of hydrogen-bond acceptors (Lipinski definition) is 3. The summed E-state index contributed by atoms with van der Waals surface area (Å²) in [5.41, 5.74) is 1.39. The molecular formula is C11H15BO3. The molecule has 0 heterocycles. The molecule has 1 aliphatic carbocycles. The topological polar surface area (TPSA) is 49.7 Å². The average molecular weight is 206 g/mol. The zero-order valence-electron chi connectivity index (χ0n) is 8.60. The van der Waals surface area contributed by atoms with E-state index in [1.807, 2.05) is 12.1 Å². The van der Waals surface area contributed by atoms with Crippen LogP contribution in [0.4, 0.5) is 0 Å². The monoisotopic (exact) mass is 206 g/mol. The minimum absolute atomic E-state index is 0.463. The van der Waals surface area contributed by atoms with Gasteiger partial charge in [-0.15, -0.1) is 0 Å². The van der Waals surface area contributed by atoms with Crippen molar-refractivity contribution in [2.45, 2.75) is 19.4 Å². The van der Waals surface area contributed by atoms with Gasteiger partial charge < -0.3 is 14.8 Å². The van der Waals surface area contributed by atoms with Crippen molar-refractivity contribution in [1.29, 1.82) is 0 Å². The highest BCUT2D eigenvalue weighted by Gasteiger charge is 2.21. The molecule has 1 saturated carbocycles. The van der Waals surface area contributed by atoms with Crippen molar-refractivity contribution >= 4 is 12.6 Å². The Morgan fingerprint density at radius 2 is 2.00 bits per heavy atom. The molecule has 0 aliphatic heterocycles. The van der Waals surface area contributed by atoms with E-state index in [2.05, 4.69) is 0 Å². The average Bonchev–Trinajstić information content (AvgIpc) is 3.02. The lowest BCUT2D eigenvalue weighted by molar-refractivity contribution is 0.111. The number of ether oxygens (including phenoxy) is 1. The third-order valence-electron chi connectivity index (χ3n) is 2.64. The first kappa shape index (κ1) is 10.7. The number of benzene rings is 1. The van der Waals surface area contributed by atoms with E-state index >= 15 is 0 Å². The van der Waals surface area contributed by atoms with Crippen molar-refractivity contribution in [3.8, 4) is 0 Å². The lowest BCUT2D eigenvalue weighted by Crippen LogP contribution is -2.33. The van der Waals surface area contributed by atoms with Crippen molar-refractivity contribution in [2.24, 2.45) is 5.92 Å². The Bertz CT molecular complexity index is 323. The van der Waals surface area contributed by atoms with Crippen LogP contribution >= 0.6 is 0 Å². The molecule has 0 bridgehead atoms. The third-order valence-corrected chi connectivity index (χ3v) is 2.64. The molecule has 0 unspecified atom stereocenters. The van der Waals surface area contributed by atoms with Gasteiger partial charge in [-0.05, 0) is 29.8 Å². The van der Waals surface area contributed by atoms with E-state index in [9.17, 15) is 0 Å². The molecule has 1 fully saturated rings. The highest BCUT2D eigenvalue weighted by molar-refractivity contribution is 6.59.